The summed E-state index contributed by atoms with van der Waals surface area (Å²) in [7, 11) is 0. The SMILES string of the molecule is CCn1nccc1C(=O)C1C2CCc3ccccc3C21. The molecule has 102 valence electrons. The highest BCUT2D eigenvalue weighted by Crippen LogP contribution is 2.60. The summed E-state index contributed by atoms with van der Waals surface area (Å²) < 4.78 is 1.82. The van der Waals surface area contributed by atoms with E-state index in [0.717, 1.165) is 25.1 Å². The van der Waals surface area contributed by atoms with E-state index in [2.05, 4.69) is 29.4 Å². The van der Waals surface area contributed by atoms with E-state index < -0.39 is 0 Å². The van der Waals surface area contributed by atoms with Gasteiger partial charge in [-0.2, -0.15) is 5.10 Å². The lowest BCUT2D eigenvalue weighted by Gasteiger charge is -2.13. The van der Waals surface area contributed by atoms with Gasteiger partial charge in [0.2, 0.25) is 0 Å². The van der Waals surface area contributed by atoms with Crippen molar-refractivity contribution >= 4 is 5.78 Å². The minimum Gasteiger partial charge on any atom is -0.292 e. The third-order valence-corrected chi connectivity index (χ3v) is 4.90. The zero-order valence-electron chi connectivity index (χ0n) is 11.6. The number of fused-ring (bicyclic) bond motifs is 3. The molecule has 0 bridgehead atoms. The first-order chi connectivity index (χ1) is 9.81. The van der Waals surface area contributed by atoms with E-state index >= 15 is 0 Å². The molecular weight excluding hydrogens is 248 g/mol. The van der Waals surface area contributed by atoms with E-state index in [-0.39, 0.29) is 11.7 Å². The summed E-state index contributed by atoms with van der Waals surface area (Å²) in [6, 6.07) is 10.5. The smallest absolute Gasteiger partial charge is 0.184 e. The number of carbonyl (C=O) groups excluding carboxylic acids is 1. The summed E-state index contributed by atoms with van der Waals surface area (Å²) in [5.74, 6) is 1.47. The summed E-state index contributed by atoms with van der Waals surface area (Å²) in [5, 5.41) is 4.22. The number of Topliss-reactive ketones (excluding diaryl/α,β-unsaturated/α-hetero) is 1. The molecule has 0 saturated heterocycles. The summed E-state index contributed by atoms with van der Waals surface area (Å²) >= 11 is 0. The second-order valence-electron chi connectivity index (χ2n) is 5.85. The fraction of sp³-hybridized carbons (Fsp3) is 0.412. The number of aryl methyl sites for hydroxylation is 2. The van der Waals surface area contributed by atoms with Crippen molar-refractivity contribution in [3.05, 3.63) is 53.3 Å². The summed E-state index contributed by atoms with van der Waals surface area (Å²) in [4.78, 5) is 12.8. The number of hydrogen-bond donors (Lipinski definition) is 0. The van der Waals surface area contributed by atoms with Gasteiger partial charge in [-0.25, -0.2) is 0 Å². The lowest BCUT2D eigenvalue weighted by Crippen LogP contribution is -2.12. The molecule has 1 aromatic carbocycles. The molecule has 0 aliphatic heterocycles. The zero-order chi connectivity index (χ0) is 13.7. The maximum atomic E-state index is 12.8. The van der Waals surface area contributed by atoms with Crippen LogP contribution in [0.15, 0.2) is 36.5 Å². The molecule has 4 rings (SSSR count). The monoisotopic (exact) mass is 266 g/mol. The fourth-order valence-electron chi connectivity index (χ4n) is 3.89. The Morgan fingerprint density at radius 1 is 1.35 bits per heavy atom. The van der Waals surface area contributed by atoms with Crippen LogP contribution in [0.5, 0.6) is 0 Å². The van der Waals surface area contributed by atoms with Gasteiger partial charge in [0.1, 0.15) is 5.69 Å². The fourth-order valence-corrected chi connectivity index (χ4v) is 3.89. The molecule has 0 radical (unpaired) electrons. The lowest BCUT2D eigenvalue weighted by molar-refractivity contribution is 0.0948. The molecule has 1 heterocycles. The van der Waals surface area contributed by atoms with Crippen LogP contribution in [0.25, 0.3) is 0 Å². The van der Waals surface area contributed by atoms with Gasteiger partial charge < -0.3 is 0 Å². The molecule has 3 atom stereocenters. The predicted molar refractivity (Wildman–Crippen MR) is 76.7 cm³/mol. The van der Waals surface area contributed by atoms with Crippen LogP contribution >= 0.6 is 0 Å². The van der Waals surface area contributed by atoms with Crippen LogP contribution in [0.3, 0.4) is 0 Å². The molecule has 3 unspecified atom stereocenters. The van der Waals surface area contributed by atoms with Gasteiger partial charge in [0.05, 0.1) is 0 Å². The van der Waals surface area contributed by atoms with E-state index in [1.165, 1.54) is 11.1 Å². The lowest BCUT2D eigenvalue weighted by atomic mass is 9.92. The molecule has 0 spiro atoms. The molecule has 0 N–H and O–H groups in total. The average Bonchev–Trinajstić information content (AvgIpc) is 3.04. The van der Waals surface area contributed by atoms with Crippen LogP contribution in [0.1, 0.15) is 40.9 Å². The van der Waals surface area contributed by atoms with E-state index in [9.17, 15) is 4.79 Å². The largest absolute Gasteiger partial charge is 0.292 e. The van der Waals surface area contributed by atoms with Gasteiger partial charge >= 0.3 is 0 Å². The van der Waals surface area contributed by atoms with Gasteiger partial charge in [-0.3, -0.25) is 9.48 Å². The highest BCUT2D eigenvalue weighted by molar-refractivity contribution is 5.99. The van der Waals surface area contributed by atoms with Gasteiger partial charge in [-0.1, -0.05) is 24.3 Å². The van der Waals surface area contributed by atoms with Gasteiger partial charge in [-0.15, -0.1) is 0 Å². The Labute approximate surface area is 118 Å². The predicted octanol–water partition coefficient (Wildman–Crippen LogP) is 3.06. The number of aromatic nitrogens is 2. The maximum Gasteiger partial charge on any atom is 0.184 e. The van der Waals surface area contributed by atoms with E-state index in [0.29, 0.717) is 11.8 Å². The number of nitrogens with zero attached hydrogens (tertiary/aromatic N) is 2. The molecule has 1 aromatic heterocycles. The maximum absolute atomic E-state index is 12.8. The van der Waals surface area contributed by atoms with Crippen molar-refractivity contribution in [2.75, 3.05) is 0 Å². The first-order valence-corrected chi connectivity index (χ1v) is 7.45. The highest BCUT2D eigenvalue weighted by Gasteiger charge is 2.57. The molecule has 3 nitrogen and oxygen atoms in total. The molecule has 3 heteroatoms. The minimum atomic E-state index is 0.181. The molecular formula is C17H18N2O. The Morgan fingerprint density at radius 3 is 3.05 bits per heavy atom. The van der Waals surface area contributed by atoms with Crippen LogP contribution in [-0.4, -0.2) is 15.6 Å². The number of rotatable bonds is 3. The van der Waals surface area contributed by atoms with Gasteiger partial charge in [0.25, 0.3) is 0 Å². The second kappa shape index (κ2) is 4.30. The van der Waals surface area contributed by atoms with Crippen LogP contribution in [0, 0.1) is 11.8 Å². The van der Waals surface area contributed by atoms with Crippen molar-refractivity contribution < 1.29 is 4.79 Å². The number of ketones is 1. The van der Waals surface area contributed by atoms with Gasteiger partial charge in [0.15, 0.2) is 5.78 Å². The standard InChI is InChI=1S/C17H18N2O/c1-2-19-14(9-10-18-19)17(20)16-13-8-7-11-5-3-4-6-12(11)15(13)16/h3-6,9-10,13,15-16H,2,7-8H2,1H3. The van der Waals surface area contributed by atoms with Crippen LogP contribution in [0.2, 0.25) is 0 Å². The van der Waals surface area contributed by atoms with Crippen molar-refractivity contribution in [2.45, 2.75) is 32.2 Å². The Hall–Kier alpha value is -1.90. The van der Waals surface area contributed by atoms with Crippen molar-refractivity contribution in [2.24, 2.45) is 11.8 Å². The third-order valence-electron chi connectivity index (χ3n) is 4.90. The molecule has 0 amide bonds. The summed E-state index contributed by atoms with van der Waals surface area (Å²) in [6.45, 7) is 2.78. The molecule has 20 heavy (non-hydrogen) atoms. The first-order valence-electron chi connectivity index (χ1n) is 7.45. The summed E-state index contributed by atoms with van der Waals surface area (Å²) in [5.41, 5.74) is 3.63. The van der Waals surface area contributed by atoms with Gasteiger partial charge in [0, 0.05) is 18.7 Å². The number of carbonyl (C=O) groups is 1. The van der Waals surface area contributed by atoms with E-state index in [4.69, 9.17) is 0 Å². The molecule has 2 aliphatic carbocycles. The van der Waals surface area contributed by atoms with Crippen LogP contribution in [-0.2, 0) is 13.0 Å². The topological polar surface area (TPSA) is 34.9 Å². The van der Waals surface area contributed by atoms with Crippen molar-refractivity contribution in [1.82, 2.24) is 9.78 Å². The highest BCUT2D eigenvalue weighted by atomic mass is 16.1. The van der Waals surface area contributed by atoms with Crippen LogP contribution in [0.4, 0.5) is 0 Å². The van der Waals surface area contributed by atoms with Crippen molar-refractivity contribution in [3.8, 4) is 0 Å². The van der Waals surface area contributed by atoms with Crippen LogP contribution < -0.4 is 0 Å². The number of benzene rings is 1. The second-order valence-corrected chi connectivity index (χ2v) is 5.85. The Balaban J connectivity index is 1.66. The van der Waals surface area contributed by atoms with E-state index in [1.54, 1.807) is 6.20 Å². The third kappa shape index (κ3) is 1.59. The van der Waals surface area contributed by atoms with Crippen molar-refractivity contribution in [3.63, 3.8) is 0 Å². The Morgan fingerprint density at radius 2 is 2.20 bits per heavy atom. The van der Waals surface area contributed by atoms with Gasteiger partial charge in [-0.05, 0) is 48.8 Å². The molecule has 2 aromatic rings. The van der Waals surface area contributed by atoms with E-state index in [1.807, 2.05) is 17.7 Å². The minimum absolute atomic E-state index is 0.181. The summed E-state index contributed by atoms with van der Waals surface area (Å²) in [6.07, 6.45) is 4.00. The first kappa shape index (κ1) is 11.9. The number of hydrogen-bond acceptors (Lipinski definition) is 2. The normalized spacial score (nSPS) is 26.8. The Bertz CT molecular complexity index is 673. The van der Waals surface area contributed by atoms with Crippen molar-refractivity contribution in [1.29, 1.82) is 0 Å². The average molecular weight is 266 g/mol. The molecule has 2 aliphatic rings. The quantitative estimate of drug-likeness (QED) is 0.800. The molecule has 1 saturated carbocycles. The Kier molecular flexibility index (Phi) is 2.56. The molecule has 1 fully saturated rings. The zero-order valence-corrected chi connectivity index (χ0v) is 11.6.